The Morgan fingerprint density at radius 3 is 3.00 bits per heavy atom. The zero-order chi connectivity index (χ0) is 12.0. The predicted octanol–water partition coefficient (Wildman–Crippen LogP) is 1.40. The Hall–Kier alpha value is -0.870. The number of ether oxygens (including phenoxy) is 1. The molecule has 3 unspecified atom stereocenters. The van der Waals surface area contributed by atoms with Gasteiger partial charge in [0.1, 0.15) is 0 Å². The third kappa shape index (κ3) is 1.79. The average Bonchev–Trinajstić information content (AvgIpc) is 2.92. The summed E-state index contributed by atoms with van der Waals surface area (Å²) in [5, 5.41) is 4.48. The third-order valence-corrected chi connectivity index (χ3v) is 4.15. The molecule has 2 fully saturated rings. The minimum Gasteiger partial charge on any atom is -0.373 e. The van der Waals surface area contributed by atoms with Gasteiger partial charge < -0.3 is 10.5 Å². The number of hydrogen-bond donors (Lipinski definition) is 1. The molecule has 94 valence electrons. The molecule has 2 bridgehead atoms. The molecule has 0 aliphatic carbocycles. The maximum atomic E-state index is 6.54. The first-order valence-electron chi connectivity index (χ1n) is 6.58. The SMILES string of the molecule is CCn1nc(C)cc1CC1(N)CC2CCC1O2. The standard InChI is InChI=1S/C13H21N3O/c1-3-16-10(6-9(2)15-16)7-13(14)8-11-4-5-12(13)17-11/h6,11-12H,3-5,7-8,14H2,1-2H3. The Morgan fingerprint density at radius 2 is 2.41 bits per heavy atom. The van der Waals surface area contributed by atoms with Crippen LogP contribution in [0, 0.1) is 6.92 Å². The van der Waals surface area contributed by atoms with E-state index in [4.69, 9.17) is 10.5 Å². The molecule has 1 aromatic heterocycles. The van der Waals surface area contributed by atoms with Gasteiger partial charge >= 0.3 is 0 Å². The number of nitrogens with zero attached hydrogens (tertiary/aromatic N) is 2. The molecule has 3 heterocycles. The van der Waals surface area contributed by atoms with Crippen LogP contribution in [0.2, 0.25) is 0 Å². The van der Waals surface area contributed by atoms with Gasteiger partial charge in [0.25, 0.3) is 0 Å². The lowest BCUT2D eigenvalue weighted by Gasteiger charge is -2.31. The second kappa shape index (κ2) is 3.82. The van der Waals surface area contributed by atoms with Gasteiger partial charge in [-0.15, -0.1) is 0 Å². The molecule has 3 rings (SSSR count). The molecule has 4 nitrogen and oxygen atoms in total. The maximum absolute atomic E-state index is 6.54. The molecule has 3 atom stereocenters. The molecule has 0 saturated carbocycles. The first kappa shape index (κ1) is 11.2. The van der Waals surface area contributed by atoms with E-state index in [0.29, 0.717) is 6.10 Å². The smallest absolute Gasteiger partial charge is 0.0764 e. The topological polar surface area (TPSA) is 53.1 Å². The maximum Gasteiger partial charge on any atom is 0.0764 e. The number of aryl methyl sites for hydroxylation is 2. The highest BCUT2D eigenvalue weighted by Gasteiger charge is 2.50. The van der Waals surface area contributed by atoms with Crippen LogP contribution >= 0.6 is 0 Å². The minimum atomic E-state index is -0.164. The van der Waals surface area contributed by atoms with E-state index < -0.39 is 0 Å². The molecule has 17 heavy (non-hydrogen) atoms. The Morgan fingerprint density at radius 1 is 1.59 bits per heavy atom. The van der Waals surface area contributed by atoms with Crippen molar-refractivity contribution in [3.05, 3.63) is 17.5 Å². The molecule has 0 radical (unpaired) electrons. The van der Waals surface area contributed by atoms with E-state index in [1.807, 2.05) is 6.92 Å². The van der Waals surface area contributed by atoms with Crippen LogP contribution in [0.3, 0.4) is 0 Å². The van der Waals surface area contributed by atoms with Crippen LogP contribution in [-0.4, -0.2) is 27.5 Å². The highest BCUT2D eigenvalue weighted by Crippen LogP contribution is 2.41. The molecule has 2 saturated heterocycles. The van der Waals surface area contributed by atoms with Gasteiger partial charge in [-0.3, -0.25) is 4.68 Å². The van der Waals surface area contributed by atoms with E-state index in [1.54, 1.807) is 0 Å². The summed E-state index contributed by atoms with van der Waals surface area (Å²) in [6.07, 6.45) is 4.88. The van der Waals surface area contributed by atoms with Crippen molar-refractivity contribution >= 4 is 0 Å². The minimum absolute atomic E-state index is 0.164. The Kier molecular flexibility index (Phi) is 2.52. The molecule has 0 aromatic carbocycles. The summed E-state index contributed by atoms with van der Waals surface area (Å²) in [5.41, 5.74) is 8.71. The van der Waals surface area contributed by atoms with Gasteiger partial charge in [-0.05, 0) is 39.2 Å². The van der Waals surface area contributed by atoms with Crippen molar-refractivity contribution in [3.63, 3.8) is 0 Å². The van der Waals surface area contributed by atoms with Crippen LogP contribution in [0.1, 0.15) is 37.6 Å². The summed E-state index contributed by atoms with van der Waals surface area (Å²) < 4.78 is 7.95. The summed E-state index contributed by atoms with van der Waals surface area (Å²) in [6, 6.07) is 2.16. The van der Waals surface area contributed by atoms with Gasteiger partial charge in [0.15, 0.2) is 0 Å². The van der Waals surface area contributed by atoms with E-state index in [9.17, 15) is 0 Å². The number of rotatable bonds is 3. The summed E-state index contributed by atoms with van der Waals surface area (Å²) in [4.78, 5) is 0. The summed E-state index contributed by atoms with van der Waals surface area (Å²) >= 11 is 0. The molecular weight excluding hydrogens is 214 g/mol. The molecule has 0 amide bonds. The first-order valence-corrected chi connectivity index (χ1v) is 6.58. The first-order chi connectivity index (χ1) is 8.10. The van der Waals surface area contributed by atoms with Crippen LogP contribution in [0.25, 0.3) is 0 Å². The molecule has 2 aliphatic heterocycles. The molecule has 2 N–H and O–H groups in total. The Bertz CT molecular complexity index is 428. The summed E-state index contributed by atoms with van der Waals surface area (Å²) in [7, 11) is 0. The fourth-order valence-electron chi connectivity index (χ4n) is 3.37. The van der Waals surface area contributed by atoms with E-state index in [2.05, 4.69) is 22.8 Å². The highest BCUT2D eigenvalue weighted by atomic mass is 16.5. The van der Waals surface area contributed by atoms with E-state index in [1.165, 1.54) is 12.1 Å². The molecular formula is C13H21N3O. The van der Waals surface area contributed by atoms with Crippen molar-refractivity contribution in [2.45, 2.75) is 63.8 Å². The Balaban J connectivity index is 1.82. The predicted molar refractivity (Wildman–Crippen MR) is 65.8 cm³/mol. The van der Waals surface area contributed by atoms with Crippen LogP contribution < -0.4 is 5.73 Å². The van der Waals surface area contributed by atoms with Gasteiger partial charge in [0, 0.05) is 18.7 Å². The number of hydrogen-bond acceptors (Lipinski definition) is 3. The van der Waals surface area contributed by atoms with Crippen molar-refractivity contribution in [1.29, 1.82) is 0 Å². The molecule has 4 heteroatoms. The van der Waals surface area contributed by atoms with Gasteiger partial charge in [0.2, 0.25) is 0 Å². The largest absolute Gasteiger partial charge is 0.373 e. The zero-order valence-electron chi connectivity index (χ0n) is 10.6. The summed E-state index contributed by atoms with van der Waals surface area (Å²) in [6.45, 7) is 5.07. The second-order valence-corrected chi connectivity index (χ2v) is 5.53. The van der Waals surface area contributed by atoms with E-state index >= 15 is 0 Å². The van der Waals surface area contributed by atoms with Crippen molar-refractivity contribution in [3.8, 4) is 0 Å². The normalized spacial score (nSPS) is 35.7. The zero-order valence-corrected chi connectivity index (χ0v) is 10.6. The quantitative estimate of drug-likeness (QED) is 0.861. The molecule has 0 spiro atoms. The average molecular weight is 235 g/mol. The number of aromatic nitrogens is 2. The van der Waals surface area contributed by atoms with Gasteiger partial charge in [-0.25, -0.2) is 0 Å². The van der Waals surface area contributed by atoms with E-state index in [-0.39, 0.29) is 11.6 Å². The number of fused-ring (bicyclic) bond motifs is 2. The fraction of sp³-hybridized carbons (Fsp3) is 0.769. The van der Waals surface area contributed by atoms with Crippen molar-refractivity contribution in [2.24, 2.45) is 5.73 Å². The highest BCUT2D eigenvalue weighted by molar-refractivity contribution is 5.17. The molecule has 1 aromatic rings. The van der Waals surface area contributed by atoms with Crippen molar-refractivity contribution in [1.82, 2.24) is 9.78 Å². The fourth-order valence-corrected chi connectivity index (χ4v) is 3.37. The number of nitrogens with two attached hydrogens (primary N) is 1. The van der Waals surface area contributed by atoms with E-state index in [0.717, 1.165) is 31.5 Å². The monoisotopic (exact) mass is 235 g/mol. The van der Waals surface area contributed by atoms with Gasteiger partial charge in [-0.2, -0.15) is 5.10 Å². The van der Waals surface area contributed by atoms with Crippen molar-refractivity contribution in [2.75, 3.05) is 0 Å². The molecule has 2 aliphatic rings. The van der Waals surface area contributed by atoms with Gasteiger partial charge in [-0.1, -0.05) is 0 Å². The lowest BCUT2D eigenvalue weighted by molar-refractivity contribution is 0.0852. The third-order valence-electron chi connectivity index (χ3n) is 4.15. The lowest BCUT2D eigenvalue weighted by atomic mass is 9.79. The summed E-state index contributed by atoms with van der Waals surface area (Å²) in [5.74, 6) is 0. The van der Waals surface area contributed by atoms with Crippen LogP contribution in [0.15, 0.2) is 6.07 Å². The van der Waals surface area contributed by atoms with Gasteiger partial charge in [0.05, 0.1) is 23.4 Å². The Labute approximate surface area is 102 Å². The lowest BCUT2D eigenvalue weighted by Crippen LogP contribution is -2.50. The van der Waals surface area contributed by atoms with Crippen LogP contribution in [-0.2, 0) is 17.7 Å². The van der Waals surface area contributed by atoms with Crippen LogP contribution in [0.5, 0.6) is 0 Å². The second-order valence-electron chi connectivity index (χ2n) is 5.53. The van der Waals surface area contributed by atoms with Crippen LogP contribution in [0.4, 0.5) is 0 Å². The van der Waals surface area contributed by atoms with Crippen molar-refractivity contribution < 1.29 is 4.74 Å².